The zero-order valence-corrected chi connectivity index (χ0v) is 18.3. The lowest BCUT2D eigenvalue weighted by Crippen LogP contribution is -2.40. The zero-order chi connectivity index (χ0) is 22.1. The van der Waals surface area contributed by atoms with Gasteiger partial charge < -0.3 is 28.6 Å². The molecule has 1 aliphatic heterocycles. The number of hydrogen-bond acceptors (Lipinski definition) is 7. The number of aliphatic hydroxyl groups excluding tert-OH is 1. The van der Waals surface area contributed by atoms with E-state index in [0.29, 0.717) is 40.8 Å². The normalized spacial score (nSPS) is 19.4. The minimum absolute atomic E-state index is 0.00965. The maximum Gasteiger partial charge on any atom is 0.294 e. The third-order valence-corrected chi connectivity index (χ3v) is 5.90. The number of methoxy groups -OCH3 is 2. The second-order valence-electron chi connectivity index (χ2n) is 7.59. The van der Waals surface area contributed by atoms with E-state index in [1.807, 2.05) is 7.05 Å². The van der Waals surface area contributed by atoms with Gasteiger partial charge in [0.15, 0.2) is 11.0 Å². The molecule has 4 rings (SSSR count). The Morgan fingerprint density at radius 3 is 2.55 bits per heavy atom. The number of β-amino-alcohol motifs (C(OH)–C–C–N with tert-alkyl or cyclic N) is 1. The third-order valence-electron chi connectivity index (χ3n) is 5.59. The van der Waals surface area contributed by atoms with Crippen molar-refractivity contribution >= 4 is 22.6 Å². The van der Waals surface area contributed by atoms with E-state index in [9.17, 15) is 9.90 Å². The highest BCUT2D eigenvalue weighted by molar-refractivity contribution is 6.32. The van der Waals surface area contributed by atoms with E-state index >= 15 is 0 Å². The summed E-state index contributed by atoms with van der Waals surface area (Å²) in [6.07, 6.45) is 0.0251. The average molecular weight is 446 g/mol. The van der Waals surface area contributed by atoms with E-state index in [4.69, 9.17) is 30.2 Å². The Kier molecular flexibility index (Phi) is 6.09. The number of fused-ring (bicyclic) bond motifs is 1. The van der Waals surface area contributed by atoms with Crippen LogP contribution in [-0.4, -0.2) is 50.5 Å². The topological polar surface area (TPSA) is 81.4 Å². The Hall–Kier alpha value is -2.74. The van der Waals surface area contributed by atoms with Crippen LogP contribution in [0.15, 0.2) is 45.6 Å². The molecule has 1 aromatic heterocycles. The quantitative estimate of drug-likeness (QED) is 0.634. The van der Waals surface area contributed by atoms with Crippen LogP contribution in [0.5, 0.6) is 23.2 Å². The summed E-state index contributed by atoms with van der Waals surface area (Å²) < 4.78 is 22.9. The standard InChI is InChI=1S/C23H24ClNO6/c1-25-9-8-13(16(27)12-25)21-18(28-2)11-19(29-3)22-15(26)10-20(31-23(21)22)30-17-7-5-4-6-14(17)24/h4-7,10-11,13,16,27H,8-9,12H2,1-3H3/t13-,16+/m0/s1. The molecule has 0 bridgehead atoms. The summed E-state index contributed by atoms with van der Waals surface area (Å²) in [4.78, 5) is 15.1. The molecule has 2 atom stereocenters. The molecule has 1 fully saturated rings. The first-order chi connectivity index (χ1) is 14.9. The lowest BCUT2D eigenvalue weighted by molar-refractivity contribution is 0.0630. The van der Waals surface area contributed by atoms with Crippen LogP contribution in [0.3, 0.4) is 0 Å². The summed E-state index contributed by atoms with van der Waals surface area (Å²) in [5, 5.41) is 11.5. The fourth-order valence-corrected chi connectivity index (χ4v) is 4.24. The van der Waals surface area contributed by atoms with Crippen molar-refractivity contribution in [2.45, 2.75) is 18.4 Å². The molecule has 0 saturated carbocycles. The molecule has 0 aliphatic carbocycles. The van der Waals surface area contributed by atoms with Crippen molar-refractivity contribution in [1.29, 1.82) is 0 Å². The van der Waals surface area contributed by atoms with E-state index in [2.05, 4.69) is 4.90 Å². The first-order valence-electron chi connectivity index (χ1n) is 9.94. The van der Waals surface area contributed by atoms with Crippen molar-refractivity contribution in [1.82, 2.24) is 4.90 Å². The predicted octanol–water partition coefficient (Wildman–Crippen LogP) is 4.04. The monoisotopic (exact) mass is 445 g/mol. The van der Waals surface area contributed by atoms with Gasteiger partial charge in [0.2, 0.25) is 0 Å². The molecule has 2 heterocycles. The van der Waals surface area contributed by atoms with E-state index in [-0.39, 0.29) is 28.3 Å². The Balaban J connectivity index is 1.93. The van der Waals surface area contributed by atoms with Crippen LogP contribution in [0, 0.1) is 0 Å². The van der Waals surface area contributed by atoms with Crippen molar-refractivity contribution in [3.05, 3.63) is 57.2 Å². The van der Waals surface area contributed by atoms with E-state index in [1.165, 1.54) is 20.3 Å². The van der Waals surface area contributed by atoms with Gasteiger partial charge in [0.05, 0.1) is 31.4 Å². The zero-order valence-electron chi connectivity index (χ0n) is 17.6. The van der Waals surface area contributed by atoms with E-state index < -0.39 is 6.10 Å². The summed E-state index contributed by atoms with van der Waals surface area (Å²) in [5.74, 6) is 0.886. The Labute approximate surface area is 184 Å². The van der Waals surface area contributed by atoms with E-state index in [1.54, 1.807) is 30.3 Å². The Morgan fingerprint density at radius 1 is 1.13 bits per heavy atom. The maximum atomic E-state index is 13.1. The van der Waals surface area contributed by atoms with Crippen molar-refractivity contribution in [3.8, 4) is 23.2 Å². The molecule has 164 valence electrons. The summed E-state index contributed by atoms with van der Waals surface area (Å²) in [6, 6.07) is 9.83. The van der Waals surface area contributed by atoms with Crippen molar-refractivity contribution in [3.63, 3.8) is 0 Å². The molecule has 3 aromatic rings. The molecule has 8 heteroatoms. The molecule has 0 amide bonds. The van der Waals surface area contributed by atoms with Gasteiger partial charge in [0.1, 0.15) is 22.6 Å². The van der Waals surface area contributed by atoms with Gasteiger partial charge in [-0.05, 0) is 32.1 Å². The second kappa shape index (κ2) is 8.78. The number of likely N-dealkylation sites (tertiary alicyclic amines) is 1. The molecule has 31 heavy (non-hydrogen) atoms. The highest BCUT2D eigenvalue weighted by Gasteiger charge is 2.33. The van der Waals surface area contributed by atoms with Crippen LogP contribution in [-0.2, 0) is 0 Å². The number of halogens is 1. The number of aliphatic hydroxyl groups is 1. The Morgan fingerprint density at radius 2 is 1.87 bits per heavy atom. The fourth-order valence-electron chi connectivity index (χ4n) is 4.07. The number of rotatable bonds is 5. The van der Waals surface area contributed by atoms with Gasteiger partial charge in [0, 0.05) is 24.1 Å². The van der Waals surface area contributed by atoms with Crippen LogP contribution in [0.25, 0.3) is 11.0 Å². The highest BCUT2D eigenvalue weighted by Crippen LogP contribution is 2.43. The maximum absolute atomic E-state index is 13.1. The second-order valence-corrected chi connectivity index (χ2v) is 7.99. The number of para-hydroxylation sites is 1. The van der Waals surface area contributed by atoms with Gasteiger partial charge in [-0.25, -0.2) is 0 Å². The summed E-state index contributed by atoms with van der Waals surface area (Å²) in [6.45, 7) is 1.29. The molecule has 1 N–H and O–H groups in total. The minimum Gasteiger partial charge on any atom is -0.496 e. The lowest BCUT2D eigenvalue weighted by atomic mass is 9.85. The number of piperidine rings is 1. The van der Waals surface area contributed by atoms with Gasteiger partial charge in [-0.2, -0.15) is 0 Å². The van der Waals surface area contributed by atoms with Crippen LogP contribution in [0.2, 0.25) is 5.02 Å². The SMILES string of the molecule is COc1cc(OC)c2c(=O)cc(Oc3ccccc3Cl)oc2c1[C@H]1CCN(C)C[C@H]1O. The molecule has 0 unspecified atom stereocenters. The van der Waals surface area contributed by atoms with Crippen LogP contribution >= 0.6 is 11.6 Å². The van der Waals surface area contributed by atoms with Crippen molar-refractivity contribution in [2.75, 3.05) is 34.4 Å². The third kappa shape index (κ3) is 4.08. The largest absolute Gasteiger partial charge is 0.496 e. The number of benzene rings is 2. The van der Waals surface area contributed by atoms with Crippen LogP contribution in [0.4, 0.5) is 0 Å². The molecule has 1 saturated heterocycles. The summed E-state index contributed by atoms with van der Waals surface area (Å²) in [5.41, 5.74) is 0.575. The number of nitrogens with zero attached hydrogens (tertiary/aromatic N) is 1. The summed E-state index contributed by atoms with van der Waals surface area (Å²) in [7, 11) is 4.97. The van der Waals surface area contributed by atoms with E-state index in [0.717, 1.165) is 6.54 Å². The molecule has 0 radical (unpaired) electrons. The number of ether oxygens (including phenoxy) is 3. The van der Waals surface area contributed by atoms with Gasteiger partial charge in [-0.3, -0.25) is 4.79 Å². The van der Waals surface area contributed by atoms with Gasteiger partial charge in [0.25, 0.3) is 5.95 Å². The smallest absolute Gasteiger partial charge is 0.294 e. The minimum atomic E-state index is -0.650. The molecule has 2 aromatic carbocycles. The molecular formula is C23H24ClNO6. The van der Waals surface area contributed by atoms with Crippen LogP contribution in [0.1, 0.15) is 17.9 Å². The first kappa shape index (κ1) is 21.5. The van der Waals surface area contributed by atoms with Gasteiger partial charge in [-0.1, -0.05) is 23.7 Å². The lowest BCUT2D eigenvalue weighted by Gasteiger charge is -2.34. The fraction of sp³-hybridized carbons (Fsp3) is 0.348. The predicted molar refractivity (Wildman–Crippen MR) is 118 cm³/mol. The molecule has 7 nitrogen and oxygen atoms in total. The van der Waals surface area contributed by atoms with Gasteiger partial charge in [-0.15, -0.1) is 0 Å². The molecule has 0 spiro atoms. The van der Waals surface area contributed by atoms with Gasteiger partial charge >= 0.3 is 0 Å². The number of hydrogen-bond donors (Lipinski definition) is 1. The van der Waals surface area contributed by atoms with Crippen LogP contribution < -0.4 is 19.6 Å². The van der Waals surface area contributed by atoms with Crippen molar-refractivity contribution in [2.24, 2.45) is 0 Å². The van der Waals surface area contributed by atoms with Crippen molar-refractivity contribution < 1.29 is 23.7 Å². The highest BCUT2D eigenvalue weighted by atomic mass is 35.5. The summed E-state index contributed by atoms with van der Waals surface area (Å²) >= 11 is 6.19. The molecule has 1 aliphatic rings. The number of likely N-dealkylation sites (N-methyl/N-ethyl adjacent to an activating group) is 1. The first-order valence-corrected chi connectivity index (χ1v) is 10.3. The molecular weight excluding hydrogens is 422 g/mol. The average Bonchev–Trinajstić information content (AvgIpc) is 2.74. The Bertz CT molecular complexity index is 1160.